The molecule has 31 heavy (non-hydrogen) atoms. The van der Waals surface area contributed by atoms with Crippen molar-refractivity contribution in [1.82, 2.24) is 19.7 Å². The van der Waals surface area contributed by atoms with Crippen molar-refractivity contribution >= 4 is 23.3 Å². The molecule has 1 N–H and O–H groups in total. The van der Waals surface area contributed by atoms with Gasteiger partial charge in [0.2, 0.25) is 5.91 Å². The van der Waals surface area contributed by atoms with Crippen LogP contribution in [0.4, 0.5) is 11.5 Å². The normalized spacial score (nSPS) is 16.8. The van der Waals surface area contributed by atoms with Crippen LogP contribution in [-0.4, -0.2) is 64.8 Å². The van der Waals surface area contributed by atoms with E-state index >= 15 is 0 Å². The zero-order valence-corrected chi connectivity index (χ0v) is 18.6. The average Bonchev–Trinajstić information content (AvgIpc) is 3.01. The fraction of sp³-hybridized carbons (Fsp3) is 0.545. The number of ether oxygens (including phenoxy) is 1. The van der Waals surface area contributed by atoms with Crippen molar-refractivity contribution in [2.75, 3.05) is 43.6 Å². The number of carbonyl (C=O) groups is 2. The third-order valence-electron chi connectivity index (χ3n) is 6.30. The van der Waals surface area contributed by atoms with Crippen LogP contribution in [0.2, 0.25) is 0 Å². The number of hydrogen-bond acceptors (Lipinski definition) is 6. The molecule has 0 unspecified atom stereocenters. The first kappa shape index (κ1) is 21.3. The second-order valence-electron chi connectivity index (χ2n) is 8.44. The van der Waals surface area contributed by atoms with Crippen LogP contribution in [-0.2, 0) is 23.1 Å². The molecule has 1 fully saturated rings. The van der Waals surface area contributed by atoms with Crippen LogP contribution in [0.1, 0.15) is 40.2 Å². The number of nitrogens with zero attached hydrogens (tertiary/aromatic N) is 5. The van der Waals surface area contributed by atoms with Gasteiger partial charge in [0.25, 0.3) is 5.91 Å². The van der Waals surface area contributed by atoms with Crippen molar-refractivity contribution in [1.29, 1.82) is 0 Å². The van der Waals surface area contributed by atoms with Crippen LogP contribution in [0.15, 0.2) is 12.3 Å². The fourth-order valence-corrected chi connectivity index (χ4v) is 4.26. The van der Waals surface area contributed by atoms with Crippen LogP contribution < -0.4 is 10.2 Å². The van der Waals surface area contributed by atoms with Crippen LogP contribution in [0, 0.1) is 19.8 Å². The molecule has 0 spiro atoms. The summed E-state index contributed by atoms with van der Waals surface area (Å²) >= 11 is 0. The van der Waals surface area contributed by atoms with Crippen molar-refractivity contribution in [3.8, 4) is 0 Å². The van der Waals surface area contributed by atoms with E-state index in [-0.39, 0.29) is 18.4 Å². The largest absolute Gasteiger partial charge is 0.381 e. The van der Waals surface area contributed by atoms with Crippen LogP contribution in [0.25, 0.3) is 0 Å². The van der Waals surface area contributed by atoms with Gasteiger partial charge in [-0.2, -0.15) is 5.10 Å². The Morgan fingerprint density at radius 3 is 2.74 bits per heavy atom. The molecule has 2 aromatic rings. The number of amides is 2. The lowest BCUT2D eigenvalue weighted by molar-refractivity contribution is -0.117. The lowest BCUT2D eigenvalue weighted by Crippen LogP contribution is -2.44. The van der Waals surface area contributed by atoms with E-state index in [2.05, 4.69) is 15.4 Å². The zero-order chi connectivity index (χ0) is 22.1. The highest BCUT2D eigenvalue weighted by atomic mass is 16.5. The summed E-state index contributed by atoms with van der Waals surface area (Å²) in [5, 5.41) is 7.50. The number of carbonyl (C=O) groups excluding carboxylic acids is 2. The Kier molecular flexibility index (Phi) is 5.95. The van der Waals surface area contributed by atoms with Crippen LogP contribution >= 0.6 is 0 Å². The van der Waals surface area contributed by atoms with Gasteiger partial charge in [-0.25, -0.2) is 4.98 Å². The van der Waals surface area contributed by atoms with E-state index in [1.54, 1.807) is 29.1 Å². The summed E-state index contributed by atoms with van der Waals surface area (Å²) in [4.78, 5) is 33.7. The van der Waals surface area contributed by atoms with Gasteiger partial charge in [-0.3, -0.25) is 14.3 Å². The molecule has 0 aromatic carbocycles. The highest BCUT2D eigenvalue weighted by molar-refractivity contribution is 6.04. The summed E-state index contributed by atoms with van der Waals surface area (Å²) in [6, 6.07) is 1.79. The molecule has 0 atom stereocenters. The molecule has 0 aliphatic carbocycles. The number of pyridine rings is 1. The lowest BCUT2D eigenvalue weighted by Gasteiger charge is -2.34. The van der Waals surface area contributed by atoms with E-state index in [1.807, 2.05) is 25.6 Å². The van der Waals surface area contributed by atoms with Gasteiger partial charge >= 0.3 is 0 Å². The van der Waals surface area contributed by atoms with Crippen molar-refractivity contribution in [3.63, 3.8) is 0 Å². The van der Waals surface area contributed by atoms with Crippen molar-refractivity contribution in [3.05, 3.63) is 34.8 Å². The van der Waals surface area contributed by atoms with E-state index in [1.165, 1.54) is 0 Å². The van der Waals surface area contributed by atoms with Crippen molar-refractivity contribution < 1.29 is 14.3 Å². The molecule has 2 amide bonds. The van der Waals surface area contributed by atoms with Crippen LogP contribution in [0.3, 0.4) is 0 Å². The molecule has 9 heteroatoms. The van der Waals surface area contributed by atoms with Gasteiger partial charge in [0, 0.05) is 57.9 Å². The molecule has 1 saturated heterocycles. The third-order valence-corrected chi connectivity index (χ3v) is 6.30. The Labute approximate surface area is 182 Å². The summed E-state index contributed by atoms with van der Waals surface area (Å²) in [5.41, 5.74) is 4.14. The van der Waals surface area contributed by atoms with E-state index in [0.717, 1.165) is 43.0 Å². The Morgan fingerprint density at radius 1 is 1.32 bits per heavy atom. The van der Waals surface area contributed by atoms with Crippen molar-refractivity contribution in [2.45, 2.75) is 33.2 Å². The van der Waals surface area contributed by atoms with Gasteiger partial charge in [-0.05, 0) is 38.7 Å². The van der Waals surface area contributed by atoms with Gasteiger partial charge in [0.05, 0.1) is 23.5 Å². The predicted molar refractivity (Wildman–Crippen MR) is 117 cm³/mol. The number of aryl methyl sites for hydroxylation is 2. The summed E-state index contributed by atoms with van der Waals surface area (Å²) in [7, 11) is 3.68. The van der Waals surface area contributed by atoms with Gasteiger partial charge in [0.1, 0.15) is 5.82 Å². The minimum atomic E-state index is -0.137. The molecule has 2 aliphatic rings. The van der Waals surface area contributed by atoms with Gasteiger partial charge in [-0.1, -0.05) is 0 Å². The molecular formula is C22H30N6O3. The maximum absolute atomic E-state index is 13.2. The molecule has 4 heterocycles. The zero-order valence-electron chi connectivity index (χ0n) is 18.6. The number of nitrogens with one attached hydrogen (secondary N) is 1. The molecule has 2 aliphatic heterocycles. The van der Waals surface area contributed by atoms with E-state index in [9.17, 15) is 9.59 Å². The summed E-state index contributed by atoms with van der Waals surface area (Å²) in [6.45, 7) is 6.71. The number of aromatic nitrogens is 3. The fourth-order valence-electron chi connectivity index (χ4n) is 4.26. The highest BCUT2D eigenvalue weighted by Crippen LogP contribution is 2.31. The number of hydrogen-bond donors (Lipinski definition) is 1. The average molecular weight is 427 g/mol. The Hall–Kier alpha value is -2.94. The Balaban J connectivity index is 1.55. The molecule has 2 aromatic heterocycles. The minimum absolute atomic E-state index is 0.000329. The van der Waals surface area contributed by atoms with Crippen molar-refractivity contribution in [2.24, 2.45) is 13.0 Å². The Morgan fingerprint density at radius 2 is 2.06 bits per heavy atom. The molecular weight excluding hydrogens is 396 g/mol. The summed E-state index contributed by atoms with van der Waals surface area (Å²) < 4.78 is 7.27. The van der Waals surface area contributed by atoms with Gasteiger partial charge in [0.15, 0.2) is 0 Å². The van der Waals surface area contributed by atoms with Gasteiger partial charge in [-0.15, -0.1) is 0 Å². The lowest BCUT2D eigenvalue weighted by atomic mass is 9.99. The van der Waals surface area contributed by atoms with Crippen LogP contribution in [0.5, 0.6) is 0 Å². The van der Waals surface area contributed by atoms with E-state index < -0.39 is 0 Å². The van der Waals surface area contributed by atoms with Gasteiger partial charge < -0.3 is 19.9 Å². The maximum atomic E-state index is 13.2. The third kappa shape index (κ3) is 4.27. The second kappa shape index (κ2) is 8.66. The smallest absolute Gasteiger partial charge is 0.255 e. The number of anilines is 2. The number of rotatable bonds is 5. The topological polar surface area (TPSA) is 92.6 Å². The molecule has 9 nitrogen and oxygen atoms in total. The monoisotopic (exact) mass is 426 g/mol. The van der Waals surface area contributed by atoms with E-state index in [0.29, 0.717) is 36.1 Å². The predicted octanol–water partition coefficient (Wildman–Crippen LogP) is 1.89. The maximum Gasteiger partial charge on any atom is 0.255 e. The molecule has 166 valence electrons. The molecule has 0 radical (unpaired) electrons. The highest BCUT2D eigenvalue weighted by Gasteiger charge is 2.29. The standard InChI is InChI=1S/C22H30N6O3/c1-14-18(15(2)27(4)25-14)13-26(3)22(30)17-9-19-21(23-10-17)24-11-20(29)28(19)12-16-5-7-31-8-6-16/h9-10,16H,5-8,11-13H2,1-4H3,(H,23,24). The Bertz CT molecular complexity index is 995. The second-order valence-corrected chi connectivity index (χ2v) is 8.44. The minimum Gasteiger partial charge on any atom is -0.381 e. The molecule has 0 bridgehead atoms. The summed E-state index contributed by atoms with van der Waals surface area (Å²) in [5.74, 6) is 0.898. The first-order valence-electron chi connectivity index (χ1n) is 10.7. The SMILES string of the molecule is Cc1nn(C)c(C)c1CN(C)C(=O)c1cnc2c(c1)N(CC1CCOCC1)C(=O)CN2. The molecule has 0 saturated carbocycles. The first-order chi connectivity index (χ1) is 14.8. The molecule has 4 rings (SSSR count). The quantitative estimate of drug-likeness (QED) is 0.785. The summed E-state index contributed by atoms with van der Waals surface area (Å²) in [6.07, 6.45) is 3.45. The van der Waals surface area contributed by atoms with E-state index in [4.69, 9.17) is 4.74 Å². The first-order valence-corrected chi connectivity index (χ1v) is 10.7. The number of fused-ring (bicyclic) bond motifs is 1.